The number of rotatable bonds is 8. The zero-order chi connectivity index (χ0) is 19.1. The van der Waals surface area contributed by atoms with Crippen LogP contribution < -0.4 is 14.8 Å². The van der Waals surface area contributed by atoms with Crippen molar-refractivity contribution in [1.29, 1.82) is 0 Å². The number of anilines is 1. The van der Waals surface area contributed by atoms with Gasteiger partial charge >= 0.3 is 5.97 Å². The molecule has 0 spiro atoms. The molecule has 138 valence electrons. The Labute approximate surface area is 152 Å². The van der Waals surface area contributed by atoms with Crippen LogP contribution >= 0.6 is 0 Å². The summed E-state index contributed by atoms with van der Waals surface area (Å²) in [7, 11) is 3.12. The van der Waals surface area contributed by atoms with Crippen molar-refractivity contribution in [2.24, 2.45) is 5.92 Å². The number of benzene rings is 2. The van der Waals surface area contributed by atoms with E-state index in [2.05, 4.69) is 5.32 Å². The van der Waals surface area contributed by atoms with Crippen molar-refractivity contribution in [3.8, 4) is 11.5 Å². The van der Waals surface area contributed by atoms with Crippen LogP contribution in [-0.2, 0) is 22.4 Å². The molecule has 0 aliphatic carbocycles. The molecule has 0 fully saturated rings. The van der Waals surface area contributed by atoms with E-state index in [1.165, 1.54) is 0 Å². The number of aliphatic carboxylic acids is 1. The summed E-state index contributed by atoms with van der Waals surface area (Å²) in [6.07, 6.45) is 0.600. The zero-order valence-corrected chi connectivity index (χ0v) is 15.1. The maximum absolute atomic E-state index is 12.3. The Morgan fingerprint density at radius 2 is 1.77 bits per heavy atom. The Morgan fingerprint density at radius 3 is 2.35 bits per heavy atom. The van der Waals surface area contributed by atoms with Crippen LogP contribution in [0.1, 0.15) is 18.1 Å². The van der Waals surface area contributed by atoms with Crippen LogP contribution in [0.2, 0.25) is 0 Å². The van der Waals surface area contributed by atoms with Gasteiger partial charge in [-0.05, 0) is 42.3 Å². The highest BCUT2D eigenvalue weighted by Crippen LogP contribution is 2.24. The highest BCUT2D eigenvalue weighted by atomic mass is 16.5. The first-order chi connectivity index (χ1) is 12.4. The van der Waals surface area contributed by atoms with Crippen LogP contribution in [0.5, 0.6) is 11.5 Å². The zero-order valence-electron chi connectivity index (χ0n) is 15.1. The van der Waals surface area contributed by atoms with Crippen LogP contribution in [-0.4, -0.2) is 31.2 Å². The van der Waals surface area contributed by atoms with Crippen molar-refractivity contribution in [3.63, 3.8) is 0 Å². The Bertz CT molecular complexity index is 770. The number of methoxy groups -OCH3 is 2. The second kappa shape index (κ2) is 8.89. The Balaban J connectivity index is 2.01. The van der Waals surface area contributed by atoms with Crippen LogP contribution in [0.4, 0.5) is 5.69 Å². The fraction of sp³-hybridized carbons (Fsp3) is 0.300. The summed E-state index contributed by atoms with van der Waals surface area (Å²) in [5.41, 5.74) is 2.30. The third-order valence-corrected chi connectivity index (χ3v) is 4.04. The smallest absolute Gasteiger partial charge is 0.306 e. The Kier molecular flexibility index (Phi) is 6.60. The molecule has 0 aliphatic heterocycles. The minimum absolute atomic E-state index is 0.151. The molecule has 1 atom stereocenters. The number of hydrogen-bond donors (Lipinski definition) is 2. The van der Waals surface area contributed by atoms with Gasteiger partial charge in [0.1, 0.15) is 11.5 Å². The van der Waals surface area contributed by atoms with Crippen LogP contribution in [0.3, 0.4) is 0 Å². The van der Waals surface area contributed by atoms with E-state index in [9.17, 15) is 9.59 Å². The molecule has 0 aliphatic rings. The minimum atomic E-state index is -0.824. The molecular weight excluding hydrogens is 334 g/mol. The topological polar surface area (TPSA) is 84.9 Å². The predicted molar refractivity (Wildman–Crippen MR) is 98.8 cm³/mol. The summed E-state index contributed by atoms with van der Waals surface area (Å²) in [5.74, 6) is -0.168. The maximum atomic E-state index is 12.3. The van der Waals surface area contributed by atoms with Gasteiger partial charge in [-0.15, -0.1) is 0 Å². The normalized spacial score (nSPS) is 11.5. The van der Waals surface area contributed by atoms with E-state index in [-0.39, 0.29) is 12.3 Å². The van der Waals surface area contributed by atoms with Gasteiger partial charge in [-0.2, -0.15) is 0 Å². The van der Waals surface area contributed by atoms with Gasteiger partial charge in [0.2, 0.25) is 5.91 Å². The molecule has 0 aromatic heterocycles. The lowest BCUT2D eigenvalue weighted by atomic mass is 10.0. The molecule has 0 saturated carbocycles. The first-order valence-electron chi connectivity index (χ1n) is 8.25. The van der Waals surface area contributed by atoms with Crippen molar-refractivity contribution in [1.82, 2.24) is 0 Å². The quantitative estimate of drug-likeness (QED) is 0.758. The van der Waals surface area contributed by atoms with Gasteiger partial charge in [-0.1, -0.05) is 19.1 Å². The van der Waals surface area contributed by atoms with Crippen LogP contribution in [0.25, 0.3) is 0 Å². The predicted octanol–water partition coefficient (Wildman–Crippen LogP) is 3.15. The average molecular weight is 357 g/mol. The van der Waals surface area contributed by atoms with Crippen LogP contribution in [0.15, 0.2) is 42.5 Å². The number of hydrogen-bond acceptors (Lipinski definition) is 4. The van der Waals surface area contributed by atoms with Gasteiger partial charge in [0, 0.05) is 11.3 Å². The number of carboxylic acid groups (broad SMARTS) is 1. The van der Waals surface area contributed by atoms with Crippen LogP contribution in [0, 0.1) is 5.92 Å². The van der Waals surface area contributed by atoms with Gasteiger partial charge in [-0.3, -0.25) is 9.59 Å². The number of carboxylic acids is 1. The largest absolute Gasteiger partial charge is 0.497 e. The molecule has 1 amide bonds. The SMILES string of the molecule is COc1ccc(OC)c(CC(=O)Nc2ccc(CC(C)C(=O)O)cc2)c1. The highest BCUT2D eigenvalue weighted by Gasteiger charge is 2.13. The van der Waals surface area contributed by atoms with E-state index in [4.69, 9.17) is 14.6 Å². The minimum Gasteiger partial charge on any atom is -0.497 e. The molecule has 0 radical (unpaired) electrons. The number of amides is 1. The van der Waals surface area contributed by atoms with E-state index in [0.717, 1.165) is 11.1 Å². The lowest BCUT2D eigenvalue weighted by molar-refractivity contribution is -0.141. The maximum Gasteiger partial charge on any atom is 0.306 e. The van der Waals surface area contributed by atoms with E-state index in [1.54, 1.807) is 51.5 Å². The van der Waals surface area contributed by atoms with Crippen molar-refractivity contribution in [2.75, 3.05) is 19.5 Å². The number of carbonyl (C=O) groups is 2. The molecular formula is C20H23NO5. The molecule has 2 rings (SSSR count). The summed E-state index contributed by atoms with van der Waals surface area (Å²) >= 11 is 0. The van der Waals surface area contributed by atoms with E-state index in [1.807, 2.05) is 12.1 Å². The molecule has 2 aromatic carbocycles. The van der Waals surface area contributed by atoms with Gasteiger partial charge < -0.3 is 19.9 Å². The first-order valence-corrected chi connectivity index (χ1v) is 8.25. The third-order valence-electron chi connectivity index (χ3n) is 4.04. The van der Waals surface area contributed by atoms with Crippen molar-refractivity contribution in [3.05, 3.63) is 53.6 Å². The fourth-order valence-electron chi connectivity index (χ4n) is 2.56. The van der Waals surface area contributed by atoms with Crippen molar-refractivity contribution >= 4 is 17.6 Å². The fourth-order valence-corrected chi connectivity index (χ4v) is 2.56. The molecule has 1 unspecified atom stereocenters. The van der Waals surface area contributed by atoms with E-state index >= 15 is 0 Å². The number of carbonyl (C=O) groups excluding carboxylic acids is 1. The molecule has 26 heavy (non-hydrogen) atoms. The van der Waals surface area contributed by atoms with Crippen molar-refractivity contribution < 1.29 is 24.2 Å². The summed E-state index contributed by atoms with van der Waals surface area (Å²) in [6.45, 7) is 1.67. The molecule has 2 aromatic rings. The molecule has 0 bridgehead atoms. The first kappa shape index (κ1) is 19.3. The highest BCUT2D eigenvalue weighted by molar-refractivity contribution is 5.92. The molecule has 0 heterocycles. The Hall–Kier alpha value is -3.02. The number of ether oxygens (including phenoxy) is 2. The van der Waals surface area contributed by atoms with Gasteiger partial charge in [-0.25, -0.2) is 0 Å². The monoisotopic (exact) mass is 357 g/mol. The summed E-state index contributed by atoms with van der Waals surface area (Å²) in [6, 6.07) is 12.5. The molecule has 2 N–H and O–H groups in total. The molecule has 6 nitrogen and oxygen atoms in total. The van der Waals surface area contributed by atoms with E-state index < -0.39 is 11.9 Å². The van der Waals surface area contributed by atoms with Gasteiger partial charge in [0.15, 0.2) is 0 Å². The van der Waals surface area contributed by atoms with Gasteiger partial charge in [0.25, 0.3) is 0 Å². The molecule has 6 heteroatoms. The van der Waals surface area contributed by atoms with E-state index in [0.29, 0.717) is 23.6 Å². The second-order valence-corrected chi connectivity index (χ2v) is 6.04. The third kappa shape index (κ3) is 5.24. The lowest BCUT2D eigenvalue weighted by Crippen LogP contribution is -2.15. The number of nitrogens with one attached hydrogen (secondary N) is 1. The summed E-state index contributed by atoms with van der Waals surface area (Å²) in [4.78, 5) is 23.2. The van der Waals surface area contributed by atoms with Crippen molar-refractivity contribution in [2.45, 2.75) is 19.8 Å². The van der Waals surface area contributed by atoms with Gasteiger partial charge in [0.05, 0.1) is 26.6 Å². The summed E-state index contributed by atoms with van der Waals surface area (Å²) in [5, 5.41) is 11.8. The average Bonchev–Trinajstić information content (AvgIpc) is 2.63. The lowest BCUT2D eigenvalue weighted by Gasteiger charge is -2.11. The summed E-state index contributed by atoms with van der Waals surface area (Å²) < 4.78 is 10.5. The molecule has 0 saturated heterocycles. The second-order valence-electron chi connectivity index (χ2n) is 6.04. The Morgan fingerprint density at radius 1 is 1.08 bits per heavy atom. The standard InChI is InChI=1S/C20H23NO5/c1-13(20(23)24)10-14-4-6-16(7-5-14)21-19(22)12-15-11-17(25-2)8-9-18(15)26-3/h4-9,11,13H,10,12H2,1-3H3,(H,21,22)(H,23,24).